The summed E-state index contributed by atoms with van der Waals surface area (Å²) in [6.07, 6.45) is 8.31. The Morgan fingerprint density at radius 1 is 1.04 bits per heavy atom. The van der Waals surface area contributed by atoms with Crippen molar-refractivity contribution in [3.8, 4) is 0 Å². The van der Waals surface area contributed by atoms with Gasteiger partial charge in [0, 0.05) is 22.0 Å². The third kappa shape index (κ3) is 2.33. The number of pyridine rings is 2. The molecule has 3 heterocycles. The third-order valence-electron chi connectivity index (χ3n) is 5.53. The Morgan fingerprint density at radius 2 is 1.96 bits per heavy atom. The molecule has 4 aromatic rings. The quantitative estimate of drug-likeness (QED) is 0.378. The van der Waals surface area contributed by atoms with E-state index in [-0.39, 0.29) is 0 Å². The molecule has 3 aromatic heterocycles. The van der Waals surface area contributed by atoms with Crippen molar-refractivity contribution in [2.75, 3.05) is 0 Å². The van der Waals surface area contributed by atoms with Gasteiger partial charge < -0.3 is 0 Å². The molecule has 1 aliphatic carbocycles. The van der Waals surface area contributed by atoms with Gasteiger partial charge in [-0.2, -0.15) is 5.10 Å². The van der Waals surface area contributed by atoms with E-state index < -0.39 is 0 Å². The highest BCUT2D eigenvalue weighted by atomic mass is 15.2. The Morgan fingerprint density at radius 3 is 2.88 bits per heavy atom. The van der Waals surface area contributed by atoms with Crippen LogP contribution in [0.1, 0.15) is 49.6 Å². The van der Waals surface area contributed by atoms with Crippen LogP contribution in [0.2, 0.25) is 0 Å². The Bertz CT molecular complexity index is 1090. The predicted molar refractivity (Wildman–Crippen MR) is 103 cm³/mol. The van der Waals surface area contributed by atoms with Gasteiger partial charge in [-0.15, -0.1) is 0 Å². The highest BCUT2D eigenvalue weighted by Crippen LogP contribution is 2.33. The van der Waals surface area contributed by atoms with E-state index in [0.717, 1.165) is 30.3 Å². The summed E-state index contributed by atoms with van der Waals surface area (Å²) in [7, 11) is 0. The molecule has 0 saturated heterocycles. The lowest BCUT2D eigenvalue weighted by Crippen LogP contribution is -2.02. The lowest BCUT2D eigenvalue weighted by atomic mass is 10.1. The minimum Gasteiger partial charge on any atom is -0.248 e. The zero-order chi connectivity index (χ0) is 16.8. The van der Waals surface area contributed by atoms with Gasteiger partial charge in [-0.1, -0.05) is 38.0 Å². The first-order chi connectivity index (χ1) is 12.3. The van der Waals surface area contributed by atoms with Crippen LogP contribution in [0.15, 0.2) is 36.4 Å². The molecule has 0 saturated carbocycles. The van der Waals surface area contributed by atoms with Crippen LogP contribution >= 0.6 is 0 Å². The second kappa shape index (κ2) is 5.83. The fourth-order valence-electron chi connectivity index (χ4n) is 4.26. The van der Waals surface area contributed by atoms with Crippen molar-refractivity contribution in [3.63, 3.8) is 0 Å². The van der Waals surface area contributed by atoms with Crippen LogP contribution in [0.3, 0.4) is 0 Å². The van der Waals surface area contributed by atoms with Crippen LogP contribution in [0.4, 0.5) is 0 Å². The van der Waals surface area contributed by atoms with Gasteiger partial charge in [0.05, 0.1) is 22.2 Å². The highest BCUT2D eigenvalue weighted by Gasteiger charge is 2.22. The summed E-state index contributed by atoms with van der Waals surface area (Å²) in [5, 5.41) is 7.46. The van der Waals surface area contributed by atoms with E-state index in [9.17, 15) is 0 Å². The number of nitrogens with zero attached hydrogens (tertiary/aromatic N) is 3. The van der Waals surface area contributed by atoms with E-state index in [2.05, 4.69) is 47.8 Å². The maximum absolute atomic E-state index is 4.99. The van der Waals surface area contributed by atoms with Crippen molar-refractivity contribution in [1.29, 1.82) is 0 Å². The molecule has 3 heteroatoms. The van der Waals surface area contributed by atoms with Crippen molar-refractivity contribution >= 4 is 27.3 Å². The van der Waals surface area contributed by atoms with E-state index in [4.69, 9.17) is 10.1 Å². The van der Waals surface area contributed by atoms with Gasteiger partial charge in [-0.3, -0.25) is 0 Å². The molecular formula is C22H23N3. The largest absolute Gasteiger partial charge is 0.248 e. The molecule has 0 N–H and O–H groups in total. The summed E-state index contributed by atoms with van der Waals surface area (Å²) in [5.41, 5.74) is 7.59. The maximum Gasteiger partial charge on any atom is 0.0793 e. The Kier molecular flexibility index (Phi) is 3.47. The number of unbranched alkanes of at least 4 members (excludes halogenated alkanes) is 2. The summed E-state index contributed by atoms with van der Waals surface area (Å²) in [4.78, 5) is 4.98. The number of hydrogen-bond acceptors (Lipinski definition) is 2. The van der Waals surface area contributed by atoms with Crippen LogP contribution in [-0.2, 0) is 19.3 Å². The summed E-state index contributed by atoms with van der Waals surface area (Å²) >= 11 is 0. The molecule has 0 bridgehead atoms. The average molecular weight is 329 g/mol. The van der Waals surface area contributed by atoms with E-state index in [0.29, 0.717) is 0 Å². The first-order valence-electron chi connectivity index (χ1n) is 9.57. The predicted octanol–water partition coefficient (Wildman–Crippen LogP) is 5.26. The van der Waals surface area contributed by atoms with Gasteiger partial charge in [0.2, 0.25) is 0 Å². The molecule has 0 aliphatic heterocycles. The van der Waals surface area contributed by atoms with E-state index in [1.807, 2.05) is 0 Å². The molecule has 0 atom stereocenters. The third-order valence-corrected chi connectivity index (χ3v) is 5.53. The van der Waals surface area contributed by atoms with E-state index >= 15 is 0 Å². The standard InChI is InChI=1S/C22H23N3/c1-2-3-4-9-16-14-21-18(13-15-8-5-6-11-19(15)23-21)22-17-10-7-12-20(17)24-25(16)22/h5-6,8,11,13-14H,2-4,7,9-10,12H2,1H3. The van der Waals surface area contributed by atoms with Crippen LogP contribution in [0.5, 0.6) is 0 Å². The second-order valence-electron chi connectivity index (χ2n) is 7.25. The van der Waals surface area contributed by atoms with Crippen LogP contribution in [-0.4, -0.2) is 14.6 Å². The van der Waals surface area contributed by atoms with E-state index in [1.54, 1.807) is 0 Å². The fraction of sp³-hybridized carbons (Fsp3) is 0.364. The molecule has 0 amide bonds. The molecule has 25 heavy (non-hydrogen) atoms. The van der Waals surface area contributed by atoms with Crippen LogP contribution in [0.25, 0.3) is 27.3 Å². The van der Waals surface area contributed by atoms with Crippen molar-refractivity contribution < 1.29 is 0 Å². The minimum atomic E-state index is 1.08. The highest BCUT2D eigenvalue weighted by molar-refractivity contribution is 6.02. The van der Waals surface area contributed by atoms with Crippen molar-refractivity contribution in [2.24, 2.45) is 0 Å². The summed E-state index contributed by atoms with van der Waals surface area (Å²) in [5.74, 6) is 0. The number of hydrogen-bond donors (Lipinski definition) is 0. The molecule has 0 spiro atoms. The number of aryl methyl sites for hydroxylation is 3. The lowest BCUT2D eigenvalue weighted by molar-refractivity contribution is 0.688. The molecule has 1 aromatic carbocycles. The molecule has 0 radical (unpaired) electrons. The first kappa shape index (κ1) is 14.9. The van der Waals surface area contributed by atoms with Crippen LogP contribution in [0, 0.1) is 0 Å². The van der Waals surface area contributed by atoms with E-state index in [1.165, 1.54) is 58.9 Å². The van der Waals surface area contributed by atoms with Crippen molar-refractivity contribution in [1.82, 2.24) is 14.6 Å². The van der Waals surface area contributed by atoms with Crippen molar-refractivity contribution in [2.45, 2.75) is 51.9 Å². The number of fused-ring (bicyclic) bond motifs is 6. The molecule has 1 aliphatic rings. The SMILES string of the molecule is CCCCCc1cc2nc3ccccc3cc2c2c3c(nn12)CCC3. The molecule has 0 unspecified atom stereocenters. The van der Waals surface area contributed by atoms with Gasteiger partial charge in [-0.05, 0) is 50.3 Å². The molecule has 126 valence electrons. The Balaban J connectivity index is 1.82. The summed E-state index contributed by atoms with van der Waals surface area (Å²) in [6.45, 7) is 2.26. The molecule has 5 rings (SSSR count). The average Bonchev–Trinajstić information content (AvgIpc) is 3.22. The van der Waals surface area contributed by atoms with Gasteiger partial charge in [0.15, 0.2) is 0 Å². The molecule has 3 nitrogen and oxygen atoms in total. The van der Waals surface area contributed by atoms with Crippen molar-refractivity contribution in [3.05, 3.63) is 53.3 Å². The Labute approximate surface area is 147 Å². The number of rotatable bonds is 4. The monoisotopic (exact) mass is 329 g/mol. The van der Waals surface area contributed by atoms with Crippen LogP contribution < -0.4 is 0 Å². The summed E-state index contributed by atoms with van der Waals surface area (Å²) in [6, 6.07) is 13.0. The minimum absolute atomic E-state index is 1.08. The number of benzene rings is 1. The smallest absolute Gasteiger partial charge is 0.0793 e. The maximum atomic E-state index is 4.99. The molecule has 0 fully saturated rings. The zero-order valence-corrected chi connectivity index (χ0v) is 14.8. The van der Waals surface area contributed by atoms with Gasteiger partial charge in [0.25, 0.3) is 0 Å². The van der Waals surface area contributed by atoms with Gasteiger partial charge in [0.1, 0.15) is 0 Å². The van der Waals surface area contributed by atoms with Gasteiger partial charge in [-0.25, -0.2) is 9.50 Å². The Hall–Kier alpha value is -2.42. The van der Waals surface area contributed by atoms with Gasteiger partial charge >= 0.3 is 0 Å². The zero-order valence-electron chi connectivity index (χ0n) is 14.8. The normalized spacial score (nSPS) is 14.0. The molecular weight excluding hydrogens is 306 g/mol. The number of aromatic nitrogens is 3. The summed E-state index contributed by atoms with van der Waals surface area (Å²) < 4.78 is 2.23. The topological polar surface area (TPSA) is 30.2 Å². The number of para-hydroxylation sites is 1. The first-order valence-corrected chi connectivity index (χ1v) is 9.57. The lowest BCUT2D eigenvalue weighted by Gasteiger charge is -2.10. The fourth-order valence-corrected chi connectivity index (χ4v) is 4.26. The second-order valence-corrected chi connectivity index (χ2v) is 7.25.